The van der Waals surface area contributed by atoms with Gasteiger partial charge in [-0.15, -0.1) is 0 Å². The standard InChI is InChI=1S/C16H18N2O5/c1-10-6-15(19)23-14-7-11(2-3-13(10)14)18-16(20)17-8-12-9-21-4-5-22-12/h2-3,6-7,12H,4-5,8-9H2,1H3,(H2,17,18,20). The molecule has 1 unspecified atom stereocenters. The third-order valence-electron chi connectivity index (χ3n) is 3.58. The van der Waals surface area contributed by atoms with Crippen LogP contribution < -0.4 is 16.3 Å². The molecular weight excluding hydrogens is 300 g/mol. The molecule has 7 heteroatoms. The van der Waals surface area contributed by atoms with Gasteiger partial charge in [0.1, 0.15) is 5.58 Å². The van der Waals surface area contributed by atoms with Crippen molar-refractivity contribution in [3.05, 3.63) is 40.2 Å². The fourth-order valence-corrected chi connectivity index (χ4v) is 2.44. The van der Waals surface area contributed by atoms with E-state index < -0.39 is 5.63 Å². The van der Waals surface area contributed by atoms with Crippen molar-refractivity contribution >= 4 is 22.7 Å². The predicted molar refractivity (Wildman–Crippen MR) is 84.8 cm³/mol. The summed E-state index contributed by atoms with van der Waals surface area (Å²) in [7, 11) is 0. The van der Waals surface area contributed by atoms with E-state index in [0.717, 1.165) is 10.9 Å². The van der Waals surface area contributed by atoms with Crippen LogP contribution in [0.25, 0.3) is 11.0 Å². The second-order valence-corrected chi connectivity index (χ2v) is 5.36. The molecule has 2 amide bonds. The molecule has 0 saturated carbocycles. The largest absolute Gasteiger partial charge is 0.423 e. The van der Waals surface area contributed by atoms with Gasteiger partial charge in [0.2, 0.25) is 0 Å². The Labute approximate surface area is 132 Å². The molecule has 0 radical (unpaired) electrons. The minimum atomic E-state index is -0.411. The van der Waals surface area contributed by atoms with E-state index in [9.17, 15) is 9.59 Å². The first-order valence-electron chi connectivity index (χ1n) is 7.40. The first kappa shape index (κ1) is 15.5. The Morgan fingerprint density at radius 2 is 2.17 bits per heavy atom. The summed E-state index contributed by atoms with van der Waals surface area (Å²) in [6.07, 6.45) is -0.133. The van der Waals surface area contributed by atoms with Gasteiger partial charge in [-0.05, 0) is 24.6 Å². The lowest BCUT2D eigenvalue weighted by molar-refractivity contribution is -0.0852. The number of aryl methyl sites for hydroxylation is 1. The number of rotatable bonds is 3. The van der Waals surface area contributed by atoms with Crippen LogP contribution in [0.4, 0.5) is 10.5 Å². The third-order valence-corrected chi connectivity index (χ3v) is 3.58. The van der Waals surface area contributed by atoms with Crippen LogP contribution in [0.5, 0.6) is 0 Å². The van der Waals surface area contributed by atoms with Crippen molar-refractivity contribution in [3.8, 4) is 0 Å². The van der Waals surface area contributed by atoms with Crippen molar-refractivity contribution < 1.29 is 18.7 Å². The van der Waals surface area contributed by atoms with Gasteiger partial charge < -0.3 is 24.5 Å². The van der Waals surface area contributed by atoms with Crippen molar-refractivity contribution in [2.24, 2.45) is 0 Å². The Bertz CT molecular complexity index is 765. The van der Waals surface area contributed by atoms with Gasteiger partial charge in [0.25, 0.3) is 0 Å². The number of fused-ring (bicyclic) bond motifs is 1. The molecule has 1 aliphatic rings. The smallest absolute Gasteiger partial charge is 0.336 e. The second-order valence-electron chi connectivity index (χ2n) is 5.36. The zero-order valence-corrected chi connectivity index (χ0v) is 12.8. The molecule has 7 nitrogen and oxygen atoms in total. The summed E-state index contributed by atoms with van der Waals surface area (Å²) < 4.78 is 15.9. The number of amides is 2. The van der Waals surface area contributed by atoms with Crippen molar-refractivity contribution in [2.45, 2.75) is 13.0 Å². The molecule has 23 heavy (non-hydrogen) atoms. The van der Waals surface area contributed by atoms with Gasteiger partial charge in [-0.25, -0.2) is 9.59 Å². The number of hydrogen-bond donors (Lipinski definition) is 2. The molecule has 3 rings (SSSR count). The van der Waals surface area contributed by atoms with E-state index in [1.54, 1.807) is 18.2 Å². The average molecular weight is 318 g/mol. The van der Waals surface area contributed by atoms with Crippen LogP contribution in [0.1, 0.15) is 5.56 Å². The quantitative estimate of drug-likeness (QED) is 0.840. The number of ether oxygens (including phenoxy) is 2. The molecule has 2 heterocycles. The molecule has 1 fully saturated rings. The Morgan fingerprint density at radius 3 is 2.96 bits per heavy atom. The number of urea groups is 1. The number of anilines is 1. The Balaban J connectivity index is 1.64. The van der Waals surface area contributed by atoms with E-state index >= 15 is 0 Å². The maximum Gasteiger partial charge on any atom is 0.336 e. The molecule has 122 valence electrons. The van der Waals surface area contributed by atoms with Gasteiger partial charge >= 0.3 is 11.7 Å². The van der Waals surface area contributed by atoms with Crippen LogP contribution in [-0.4, -0.2) is 38.5 Å². The SMILES string of the molecule is Cc1cc(=O)oc2cc(NC(=O)NCC3COCCO3)ccc12. The highest BCUT2D eigenvalue weighted by Gasteiger charge is 2.15. The molecule has 0 spiro atoms. The summed E-state index contributed by atoms with van der Waals surface area (Å²) in [6.45, 7) is 3.81. The second kappa shape index (κ2) is 6.80. The molecule has 1 aromatic carbocycles. The first-order valence-corrected chi connectivity index (χ1v) is 7.40. The average Bonchev–Trinajstić information content (AvgIpc) is 2.53. The topological polar surface area (TPSA) is 89.8 Å². The molecule has 2 aromatic rings. The predicted octanol–water partition coefficient (Wildman–Crippen LogP) is 1.64. The van der Waals surface area contributed by atoms with Crippen molar-refractivity contribution in [3.63, 3.8) is 0 Å². The minimum Gasteiger partial charge on any atom is -0.423 e. The van der Waals surface area contributed by atoms with E-state index in [4.69, 9.17) is 13.9 Å². The Kier molecular flexibility index (Phi) is 4.59. The highest BCUT2D eigenvalue weighted by atomic mass is 16.6. The summed E-state index contributed by atoms with van der Waals surface area (Å²) in [5.74, 6) is 0. The fourth-order valence-electron chi connectivity index (χ4n) is 2.44. The Hall–Kier alpha value is -2.38. The lowest BCUT2D eigenvalue weighted by Crippen LogP contribution is -2.41. The summed E-state index contributed by atoms with van der Waals surface area (Å²) in [6, 6.07) is 6.28. The normalized spacial score (nSPS) is 17.9. The minimum absolute atomic E-state index is 0.133. The fraction of sp³-hybridized carbons (Fsp3) is 0.375. The Morgan fingerprint density at radius 1 is 1.30 bits per heavy atom. The van der Waals surface area contributed by atoms with Crippen molar-refractivity contribution in [2.75, 3.05) is 31.7 Å². The number of hydrogen-bond acceptors (Lipinski definition) is 5. The van der Waals surface area contributed by atoms with Crippen LogP contribution in [0, 0.1) is 6.92 Å². The molecule has 1 aromatic heterocycles. The van der Waals surface area contributed by atoms with Gasteiger partial charge in [-0.1, -0.05) is 0 Å². The van der Waals surface area contributed by atoms with E-state index in [0.29, 0.717) is 37.6 Å². The maximum absolute atomic E-state index is 11.9. The lowest BCUT2D eigenvalue weighted by Gasteiger charge is -2.23. The number of carbonyl (C=O) groups excluding carboxylic acids is 1. The third kappa shape index (κ3) is 3.88. The number of benzene rings is 1. The molecule has 1 atom stereocenters. The van der Waals surface area contributed by atoms with Gasteiger partial charge in [-0.3, -0.25) is 0 Å². The zero-order chi connectivity index (χ0) is 16.2. The maximum atomic E-state index is 11.9. The van der Waals surface area contributed by atoms with Crippen molar-refractivity contribution in [1.82, 2.24) is 5.32 Å². The van der Waals surface area contributed by atoms with Crippen LogP contribution >= 0.6 is 0 Å². The first-order chi connectivity index (χ1) is 11.1. The highest BCUT2D eigenvalue weighted by Crippen LogP contribution is 2.20. The van der Waals surface area contributed by atoms with Crippen molar-refractivity contribution in [1.29, 1.82) is 0 Å². The molecule has 1 aliphatic heterocycles. The summed E-state index contributed by atoms with van der Waals surface area (Å²) in [5.41, 5.74) is 1.41. The van der Waals surface area contributed by atoms with E-state index in [-0.39, 0.29) is 12.1 Å². The highest BCUT2D eigenvalue weighted by molar-refractivity contribution is 5.92. The molecule has 2 N–H and O–H groups in total. The monoisotopic (exact) mass is 318 g/mol. The van der Waals surface area contributed by atoms with Gasteiger partial charge in [0.15, 0.2) is 0 Å². The van der Waals surface area contributed by atoms with Crippen LogP contribution in [0.2, 0.25) is 0 Å². The summed E-state index contributed by atoms with van der Waals surface area (Å²) in [5, 5.41) is 6.26. The van der Waals surface area contributed by atoms with Gasteiger partial charge in [0.05, 0.1) is 25.9 Å². The summed E-state index contributed by atoms with van der Waals surface area (Å²) in [4.78, 5) is 23.3. The van der Waals surface area contributed by atoms with Crippen LogP contribution in [0.3, 0.4) is 0 Å². The zero-order valence-electron chi connectivity index (χ0n) is 12.8. The molecule has 1 saturated heterocycles. The summed E-state index contributed by atoms with van der Waals surface area (Å²) >= 11 is 0. The van der Waals surface area contributed by atoms with Gasteiger partial charge in [-0.2, -0.15) is 0 Å². The van der Waals surface area contributed by atoms with Crippen LogP contribution in [0.15, 0.2) is 33.5 Å². The molecule has 0 aliphatic carbocycles. The van der Waals surface area contributed by atoms with Gasteiger partial charge in [0, 0.05) is 29.8 Å². The van der Waals surface area contributed by atoms with E-state index in [2.05, 4.69) is 10.6 Å². The molecular formula is C16H18N2O5. The number of nitrogens with one attached hydrogen (secondary N) is 2. The number of carbonyl (C=O) groups is 1. The lowest BCUT2D eigenvalue weighted by atomic mass is 10.1. The van der Waals surface area contributed by atoms with E-state index in [1.165, 1.54) is 6.07 Å². The van der Waals surface area contributed by atoms with E-state index in [1.807, 2.05) is 6.92 Å². The molecule has 0 bridgehead atoms. The van der Waals surface area contributed by atoms with Crippen LogP contribution in [-0.2, 0) is 9.47 Å².